The lowest BCUT2D eigenvalue weighted by molar-refractivity contribution is 0.627. The molecule has 1 aromatic heterocycles. The molecule has 0 radical (unpaired) electrons. The van der Waals surface area contributed by atoms with Crippen LogP contribution in [0.25, 0.3) is 0 Å². The standard InChI is InChI=1S/C12H12ClFN2S/c13-11-6-9(14)2-1-8(11)5-12-16-10(3-4-15)7-17-12/h1-2,6-7H,3-5,15H2. The van der Waals surface area contributed by atoms with Crippen molar-refractivity contribution in [1.29, 1.82) is 0 Å². The van der Waals surface area contributed by atoms with E-state index in [0.717, 1.165) is 22.7 Å². The summed E-state index contributed by atoms with van der Waals surface area (Å²) in [5.41, 5.74) is 7.36. The highest BCUT2D eigenvalue weighted by Crippen LogP contribution is 2.22. The fourth-order valence-electron chi connectivity index (χ4n) is 1.52. The zero-order chi connectivity index (χ0) is 12.3. The molecule has 0 fully saturated rings. The molecule has 17 heavy (non-hydrogen) atoms. The van der Waals surface area contributed by atoms with Crippen molar-refractivity contribution in [3.05, 3.63) is 50.7 Å². The Morgan fingerprint density at radius 2 is 2.24 bits per heavy atom. The van der Waals surface area contributed by atoms with Crippen LogP contribution in [0.15, 0.2) is 23.6 Å². The monoisotopic (exact) mass is 270 g/mol. The topological polar surface area (TPSA) is 38.9 Å². The van der Waals surface area contributed by atoms with E-state index in [4.69, 9.17) is 17.3 Å². The summed E-state index contributed by atoms with van der Waals surface area (Å²) in [6.45, 7) is 0.598. The third kappa shape index (κ3) is 3.25. The molecule has 1 heterocycles. The van der Waals surface area contributed by atoms with Crippen LogP contribution in [-0.4, -0.2) is 11.5 Å². The third-order valence-electron chi connectivity index (χ3n) is 2.36. The van der Waals surface area contributed by atoms with Crippen LogP contribution in [0.1, 0.15) is 16.3 Å². The molecular formula is C12H12ClFN2S. The Morgan fingerprint density at radius 3 is 2.94 bits per heavy atom. The molecule has 0 saturated heterocycles. The van der Waals surface area contributed by atoms with Gasteiger partial charge in [-0.1, -0.05) is 17.7 Å². The van der Waals surface area contributed by atoms with Gasteiger partial charge in [-0.05, 0) is 24.2 Å². The zero-order valence-corrected chi connectivity index (χ0v) is 10.7. The number of aromatic nitrogens is 1. The van der Waals surface area contributed by atoms with Crippen LogP contribution in [0.3, 0.4) is 0 Å². The first-order valence-corrected chi connectivity index (χ1v) is 6.52. The second kappa shape index (κ2) is 5.58. The Labute approximate surface area is 108 Å². The van der Waals surface area contributed by atoms with Gasteiger partial charge in [-0.25, -0.2) is 9.37 Å². The van der Waals surface area contributed by atoms with Gasteiger partial charge in [0.1, 0.15) is 5.82 Å². The average Bonchev–Trinajstić information content (AvgIpc) is 2.71. The largest absolute Gasteiger partial charge is 0.330 e. The van der Waals surface area contributed by atoms with E-state index >= 15 is 0 Å². The number of nitrogens with zero attached hydrogens (tertiary/aromatic N) is 1. The van der Waals surface area contributed by atoms with Crippen molar-refractivity contribution in [2.75, 3.05) is 6.54 Å². The second-order valence-corrected chi connectivity index (χ2v) is 5.03. The second-order valence-electron chi connectivity index (χ2n) is 3.68. The Hall–Kier alpha value is -0.970. The molecule has 2 aromatic rings. The molecule has 2 nitrogen and oxygen atoms in total. The number of halogens is 2. The van der Waals surface area contributed by atoms with Gasteiger partial charge in [0.15, 0.2) is 0 Å². The van der Waals surface area contributed by atoms with Crippen LogP contribution in [0.2, 0.25) is 5.02 Å². The van der Waals surface area contributed by atoms with Crippen molar-refractivity contribution in [3.8, 4) is 0 Å². The SMILES string of the molecule is NCCc1csc(Cc2ccc(F)cc2Cl)n1. The van der Waals surface area contributed by atoms with Crippen molar-refractivity contribution in [2.24, 2.45) is 5.73 Å². The lowest BCUT2D eigenvalue weighted by Gasteiger charge is -2.01. The zero-order valence-electron chi connectivity index (χ0n) is 9.12. The van der Waals surface area contributed by atoms with Gasteiger partial charge in [0.2, 0.25) is 0 Å². The fraction of sp³-hybridized carbons (Fsp3) is 0.250. The van der Waals surface area contributed by atoms with E-state index in [1.807, 2.05) is 5.38 Å². The molecule has 1 aromatic carbocycles. The molecule has 0 aliphatic rings. The van der Waals surface area contributed by atoms with Gasteiger partial charge in [0, 0.05) is 23.2 Å². The molecule has 2 N–H and O–H groups in total. The minimum Gasteiger partial charge on any atom is -0.330 e. The quantitative estimate of drug-likeness (QED) is 0.928. The van der Waals surface area contributed by atoms with Gasteiger partial charge in [-0.3, -0.25) is 0 Å². The van der Waals surface area contributed by atoms with Crippen LogP contribution >= 0.6 is 22.9 Å². The molecule has 0 unspecified atom stereocenters. The normalized spacial score (nSPS) is 10.8. The molecule has 0 aliphatic carbocycles. The van der Waals surface area contributed by atoms with Gasteiger partial charge >= 0.3 is 0 Å². The summed E-state index contributed by atoms with van der Waals surface area (Å²) in [5, 5.41) is 3.42. The predicted molar refractivity (Wildman–Crippen MR) is 69.1 cm³/mol. The van der Waals surface area contributed by atoms with E-state index in [1.54, 1.807) is 17.4 Å². The summed E-state index contributed by atoms with van der Waals surface area (Å²) >= 11 is 7.54. The van der Waals surface area contributed by atoms with Crippen LogP contribution in [0.4, 0.5) is 4.39 Å². The molecule has 0 aliphatic heterocycles. The van der Waals surface area contributed by atoms with E-state index in [-0.39, 0.29) is 5.82 Å². The maximum atomic E-state index is 12.9. The molecule has 0 saturated carbocycles. The van der Waals surface area contributed by atoms with E-state index < -0.39 is 0 Å². The highest BCUT2D eigenvalue weighted by atomic mass is 35.5. The summed E-state index contributed by atoms with van der Waals surface area (Å²) < 4.78 is 12.9. The number of benzene rings is 1. The smallest absolute Gasteiger partial charge is 0.124 e. The van der Waals surface area contributed by atoms with Gasteiger partial charge in [-0.15, -0.1) is 11.3 Å². The molecule has 90 valence electrons. The minimum absolute atomic E-state index is 0.318. The lowest BCUT2D eigenvalue weighted by atomic mass is 10.1. The highest BCUT2D eigenvalue weighted by molar-refractivity contribution is 7.09. The van der Waals surface area contributed by atoms with Crippen molar-refractivity contribution in [3.63, 3.8) is 0 Å². The first kappa shape index (κ1) is 12.5. The minimum atomic E-state index is -0.318. The van der Waals surface area contributed by atoms with Crippen LogP contribution < -0.4 is 5.73 Å². The Bertz CT molecular complexity index is 513. The summed E-state index contributed by atoms with van der Waals surface area (Å²) in [5.74, 6) is -0.318. The number of hydrogen-bond donors (Lipinski definition) is 1. The van der Waals surface area contributed by atoms with Gasteiger partial charge in [0.05, 0.1) is 10.7 Å². The summed E-state index contributed by atoms with van der Waals surface area (Å²) in [6.07, 6.45) is 1.42. The number of nitrogens with two attached hydrogens (primary N) is 1. The first-order valence-electron chi connectivity index (χ1n) is 5.26. The van der Waals surface area contributed by atoms with Crippen LogP contribution in [0, 0.1) is 5.82 Å². The maximum absolute atomic E-state index is 12.9. The van der Waals surface area contributed by atoms with Gasteiger partial charge in [-0.2, -0.15) is 0 Å². The van der Waals surface area contributed by atoms with Crippen molar-refractivity contribution < 1.29 is 4.39 Å². The molecule has 0 spiro atoms. The van der Waals surface area contributed by atoms with Crippen molar-refractivity contribution in [1.82, 2.24) is 4.98 Å². The van der Waals surface area contributed by atoms with Crippen LogP contribution in [0.5, 0.6) is 0 Å². The molecular weight excluding hydrogens is 259 g/mol. The van der Waals surface area contributed by atoms with E-state index in [0.29, 0.717) is 18.0 Å². The van der Waals surface area contributed by atoms with Crippen molar-refractivity contribution in [2.45, 2.75) is 12.8 Å². The Morgan fingerprint density at radius 1 is 1.41 bits per heavy atom. The van der Waals surface area contributed by atoms with Crippen molar-refractivity contribution >= 4 is 22.9 Å². The summed E-state index contributed by atoms with van der Waals surface area (Å²) in [4.78, 5) is 4.44. The number of hydrogen-bond acceptors (Lipinski definition) is 3. The number of rotatable bonds is 4. The predicted octanol–water partition coefficient (Wildman–Crippen LogP) is 3.03. The summed E-state index contributed by atoms with van der Waals surface area (Å²) in [7, 11) is 0. The molecule has 0 bridgehead atoms. The fourth-order valence-corrected chi connectivity index (χ4v) is 2.61. The number of thiazole rings is 1. The molecule has 0 amide bonds. The van der Waals surface area contributed by atoms with Gasteiger partial charge in [0.25, 0.3) is 0 Å². The van der Waals surface area contributed by atoms with E-state index in [1.165, 1.54) is 12.1 Å². The molecule has 5 heteroatoms. The third-order valence-corrected chi connectivity index (χ3v) is 3.61. The van der Waals surface area contributed by atoms with Crippen LogP contribution in [-0.2, 0) is 12.8 Å². The molecule has 0 atom stereocenters. The Kier molecular flexibility index (Phi) is 4.10. The highest BCUT2D eigenvalue weighted by Gasteiger charge is 2.06. The van der Waals surface area contributed by atoms with E-state index in [2.05, 4.69) is 4.98 Å². The first-order chi connectivity index (χ1) is 8.19. The van der Waals surface area contributed by atoms with E-state index in [9.17, 15) is 4.39 Å². The molecule has 2 rings (SSSR count). The lowest BCUT2D eigenvalue weighted by Crippen LogP contribution is -2.03. The maximum Gasteiger partial charge on any atom is 0.124 e. The van der Waals surface area contributed by atoms with Gasteiger partial charge < -0.3 is 5.73 Å². The summed E-state index contributed by atoms with van der Waals surface area (Å²) in [6, 6.07) is 4.43. The average molecular weight is 271 g/mol. The Balaban J connectivity index is 2.13.